The van der Waals surface area contributed by atoms with Gasteiger partial charge in [-0.15, -0.1) is 0 Å². The van der Waals surface area contributed by atoms with E-state index in [4.69, 9.17) is 5.11 Å². The largest absolute Gasteiger partial charge is 0.465 e. The lowest BCUT2D eigenvalue weighted by atomic mass is 9.85. The third kappa shape index (κ3) is 3.39. The highest BCUT2D eigenvalue weighted by Crippen LogP contribution is 2.46. The predicted molar refractivity (Wildman–Crippen MR) is 97.2 cm³/mol. The zero-order valence-corrected chi connectivity index (χ0v) is 14.9. The Labute approximate surface area is 147 Å². The summed E-state index contributed by atoms with van der Waals surface area (Å²) in [5.74, 6) is -0.308. The van der Waals surface area contributed by atoms with Gasteiger partial charge in [-0.3, -0.25) is 0 Å². The zero-order chi connectivity index (χ0) is 18.2. The average molecular weight is 341 g/mol. The Balaban J connectivity index is 1.99. The number of carboxylic acid groups (broad SMARTS) is 1. The van der Waals surface area contributed by atoms with Crippen LogP contribution in [0, 0.1) is 11.2 Å². The third-order valence-electron chi connectivity index (χ3n) is 5.04. The maximum absolute atomic E-state index is 14.8. The van der Waals surface area contributed by atoms with Crippen LogP contribution in [0.25, 0.3) is 11.1 Å². The van der Waals surface area contributed by atoms with Crippen molar-refractivity contribution in [1.29, 1.82) is 0 Å². The molecular formula is C21H24FNO2. The third-order valence-corrected chi connectivity index (χ3v) is 5.04. The maximum Gasteiger partial charge on any atom is 0.405 e. The van der Waals surface area contributed by atoms with Crippen molar-refractivity contribution in [3.8, 4) is 11.1 Å². The Morgan fingerprint density at radius 1 is 1.28 bits per heavy atom. The average Bonchev–Trinajstić information content (AvgIpc) is 2.78. The number of hydrogen-bond acceptors (Lipinski definition) is 1. The molecule has 0 saturated heterocycles. The SMILES string of the molecule is CCCc1ccc(-c2cc3c(cc2F)C(NC(=O)O)C(C)(C)C3)cc1. The molecule has 0 fully saturated rings. The highest BCUT2D eigenvalue weighted by Gasteiger charge is 2.40. The van der Waals surface area contributed by atoms with Crippen molar-refractivity contribution in [2.24, 2.45) is 5.41 Å². The molecule has 2 N–H and O–H groups in total. The molecule has 4 heteroatoms. The molecule has 0 radical (unpaired) electrons. The molecule has 0 saturated carbocycles. The predicted octanol–water partition coefficient (Wildman–Crippen LogP) is 5.34. The fourth-order valence-corrected chi connectivity index (χ4v) is 3.83. The van der Waals surface area contributed by atoms with Crippen LogP contribution in [0.5, 0.6) is 0 Å². The number of benzene rings is 2. The van der Waals surface area contributed by atoms with E-state index in [-0.39, 0.29) is 11.2 Å². The van der Waals surface area contributed by atoms with E-state index in [2.05, 4.69) is 12.2 Å². The summed E-state index contributed by atoms with van der Waals surface area (Å²) in [6.07, 6.45) is 1.74. The van der Waals surface area contributed by atoms with E-state index >= 15 is 0 Å². The second-order valence-corrected chi connectivity index (χ2v) is 7.53. The molecule has 1 atom stereocenters. The summed E-state index contributed by atoms with van der Waals surface area (Å²) in [4.78, 5) is 11.1. The lowest BCUT2D eigenvalue weighted by Crippen LogP contribution is -2.34. The Morgan fingerprint density at radius 3 is 2.56 bits per heavy atom. The van der Waals surface area contributed by atoms with Gasteiger partial charge in [-0.2, -0.15) is 0 Å². The van der Waals surface area contributed by atoms with Crippen LogP contribution in [0.4, 0.5) is 9.18 Å². The molecule has 0 spiro atoms. The van der Waals surface area contributed by atoms with E-state index in [1.54, 1.807) is 0 Å². The van der Waals surface area contributed by atoms with E-state index in [0.717, 1.165) is 29.5 Å². The molecule has 0 heterocycles. The molecule has 1 aliphatic rings. The summed E-state index contributed by atoms with van der Waals surface area (Å²) in [5.41, 5.74) is 4.16. The Kier molecular flexibility index (Phi) is 4.55. The maximum atomic E-state index is 14.8. The number of nitrogens with one attached hydrogen (secondary N) is 1. The highest BCUT2D eigenvalue weighted by atomic mass is 19.1. The van der Waals surface area contributed by atoms with Crippen LogP contribution in [0.15, 0.2) is 36.4 Å². The minimum absolute atomic E-state index is 0.281. The first-order valence-corrected chi connectivity index (χ1v) is 8.73. The van der Waals surface area contributed by atoms with E-state index in [1.165, 1.54) is 11.6 Å². The van der Waals surface area contributed by atoms with Crippen molar-refractivity contribution in [1.82, 2.24) is 5.32 Å². The van der Waals surface area contributed by atoms with Gasteiger partial charge in [-0.05, 0) is 52.6 Å². The van der Waals surface area contributed by atoms with E-state index in [9.17, 15) is 9.18 Å². The molecule has 3 nitrogen and oxygen atoms in total. The fraction of sp³-hybridized carbons (Fsp3) is 0.381. The standard InChI is InChI=1S/C21H24FNO2/c1-4-5-13-6-8-14(9-7-13)16-10-15-12-21(2,3)19(23-20(24)25)17(15)11-18(16)22/h6-11,19,23H,4-5,12H2,1-3H3,(H,24,25). The zero-order valence-electron chi connectivity index (χ0n) is 14.9. The van der Waals surface area contributed by atoms with Crippen LogP contribution in [0.2, 0.25) is 0 Å². The highest BCUT2D eigenvalue weighted by molar-refractivity contribution is 5.69. The lowest BCUT2D eigenvalue weighted by Gasteiger charge is -2.27. The molecule has 1 amide bonds. The second-order valence-electron chi connectivity index (χ2n) is 7.53. The molecule has 1 aliphatic carbocycles. The number of halogens is 1. The number of carbonyl (C=O) groups is 1. The summed E-state index contributed by atoms with van der Waals surface area (Å²) < 4.78 is 14.8. The van der Waals surface area contributed by atoms with Gasteiger partial charge in [0.2, 0.25) is 0 Å². The van der Waals surface area contributed by atoms with E-state index < -0.39 is 12.1 Å². The van der Waals surface area contributed by atoms with Crippen LogP contribution in [0.3, 0.4) is 0 Å². The Bertz CT molecular complexity index is 796. The first-order valence-electron chi connectivity index (χ1n) is 8.73. The first kappa shape index (κ1) is 17.5. The quantitative estimate of drug-likeness (QED) is 0.789. The smallest absolute Gasteiger partial charge is 0.405 e. The second kappa shape index (κ2) is 6.51. The van der Waals surface area contributed by atoms with Crippen molar-refractivity contribution in [2.75, 3.05) is 0 Å². The molecule has 0 bridgehead atoms. The molecule has 2 aromatic rings. The van der Waals surface area contributed by atoms with Gasteiger partial charge in [-0.1, -0.05) is 51.5 Å². The van der Waals surface area contributed by atoms with Crippen LogP contribution in [-0.4, -0.2) is 11.2 Å². The Morgan fingerprint density at radius 2 is 1.96 bits per heavy atom. The van der Waals surface area contributed by atoms with Crippen LogP contribution >= 0.6 is 0 Å². The summed E-state index contributed by atoms with van der Waals surface area (Å²) in [6, 6.07) is 11.0. The molecule has 3 rings (SSSR count). The molecule has 0 aromatic heterocycles. The van der Waals surface area contributed by atoms with Crippen molar-refractivity contribution in [3.05, 3.63) is 58.9 Å². The molecule has 0 aliphatic heterocycles. The summed E-state index contributed by atoms with van der Waals surface area (Å²) in [5, 5.41) is 11.6. The van der Waals surface area contributed by atoms with E-state index in [1.807, 2.05) is 44.2 Å². The van der Waals surface area contributed by atoms with Gasteiger partial charge in [-0.25, -0.2) is 9.18 Å². The van der Waals surface area contributed by atoms with Crippen molar-refractivity contribution < 1.29 is 14.3 Å². The summed E-state index contributed by atoms with van der Waals surface area (Å²) in [7, 11) is 0. The van der Waals surface area contributed by atoms with Gasteiger partial charge in [0.05, 0.1) is 6.04 Å². The van der Waals surface area contributed by atoms with Crippen LogP contribution < -0.4 is 5.32 Å². The number of aryl methyl sites for hydroxylation is 1. The van der Waals surface area contributed by atoms with Gasteiger partial charge >= 0.3 is 6.09 Å². The van der Waals surface area contributed by atoms with Crippen LogP contribution in [0.1, 0.15) is 49.9 Å². The van der Waals surface area contributed by atoms with E-state index in [0.29, 0.717) is 12.0 Å². The first-order chi connectivity index (χ1) is 11.8. The minimum atomic E-state index is -1.08. The lowest BCUT2D eigenvalue weighted by molar-refractivity contribution is 0.175. The van der Waals surface area contributed by atoms with Crippen LogP contribution in [-0.2, 0) is 12.8 Å². The molecule has 1 unspecified atom stereocenters. The van der Waals surface area contributed by atoms with Crippen molar-refractivity contribution in [2.45, 2.75) is 46.1 Å². The van der Waals surface area contributed by atoms with Gasteiger partial charge in [0.1, 0.15) is 5.82 Å². The van der Waals surface area contributed by atoms with Gasteiger partial charge in [0.25, 0.3) is 0 Å². The normalized spacial score (nSPS) is 18.0. The monoisotopic (exact) mass is 341 g/mol. The molecule has 25 heavy (non-hydrogen) atoms. The topological polar surface area (TPSA) is 49.3 Å². The number of amides is 1. The fourth-order valence-electron chi connectivity index (χ4n) is 3.83. The summed E-state index contributed by atoms with van der Waals surface area (Å²) >= 11 is 0. The van der Waals surface area contributed by atoms with Gasteiger partial charge in [0, 0.05) is 5.56 Å². The molecular weight excluding hydrogens is 317 g/mol. The van der Waals surface area contributed by atoms with Gasteiger partial charge in [0.15, 0.2) is 0 Å². The summed E-state index contributed by atoms with van der Waals surface area (Å²) in [6.45, 7) is 6.15. The number of fused-ring (bicyclic) bond motifs is 1. The molecule has 2 aromatic carbocycles. The van der Waals surface area contributed by atoms with Gasteiger partial charge < -0.3 is 10.4 Å². The number of rotatable bonds is 4. The minimum Gasteiger partial charge on any atom is -0.465 e. The number of hydrogen-bond donors (Lipinski definition) is 2. The molecule has 132 valence electrons. The Hall–Kier alpha value is -2.36. The van der Waals surface area contributed by atoms with Crippen molar-refractivity contribution in [3.63, 3.8) is 0 Å². The van der Waals surface area contributed by atoms with Crippen molar-refractivity contribution >= 4 is 6.09 Å².